The van der Waals surface area contributed by atoms with Gasteiger partial charge in [-0.15, -0.1) is 0 Å². The minimum Gasteiger partial charge on any atom is -0.462 e. The normalized spacial score (nSPS) is 41.2. The first-order chi connectivity index (χ1) is 17.6. The van der Waals surface area contributed by atoms with Crippen LogP contribution in [0.1, 0.15) is 74.7 Å². The molecule has 1 spiro atoms. The number of carbonyl (C=O) groups excluding carboxylic acids is 4. The van der Waals surface area contributed by atoms with E-state index in [0.29, 0.717) is 30.4 Å². The van der Waals surface area contributed by atoms with Crippen LogP contribution in [0.5, 0.6) is 0 Å². The van der Waals surface area contributed by atoms with E-state index in [9.17, 15) is 24.3 Å². The number of hydrogen-bond donors (Lipinski definition) is 1. The van der Waals surface area contributed by atoms with E-state index in [1.54, 1.807) is 0 Å². The number of aliphatic hydroxyl groups is 1. The lowest BCUT2D eigenvalue weighted by atomic mass is 9.48. The fraction of sp³-hybridized carbons (Fsp3) is 0.786. The van der Waals surface area contributed by atoms with Crippen LogP contribution in [-0.2, 0) is 42.9 Å². The molecule has 10 nitrogen and oxygen atoms in total. The average molecular weight is 537 g/mol. The van der Waals surface area contributed by atoms with E-state index in [0.717, 1.165) is 0 Å². The summed E-state index contributed by atoms with van der Waals surface area (Å²) in [4.78, 5) is 49.8. The van der Waals surface area contributed by atoms with Gasteiger partial charge in [-0.2, -0.15) is 0 Å². The largest absolute Gasteiger partial charge is 0.462 e. The number of ether oxygens (including phenoxy) is 5. The molecule has 0 aromatic heterocycles. The molecular formula is C28H40O10. The molecule has 0 radical (unpaired) electrons. The fourth-order valence-corrected chi connectivity index (χ4v) is 7.84. The summed E-state index contributed by atoms with van der Waals surface area (Å²) in [6.07, 6.45) is -3.13. The van der Waals surface area contributed by atoms with Crippen LogP contribution in [0.3, 0.4) is 0 Å². The molecule has 3 aliphatic carbocycles. The smallest absolute Gasteiger partial charge is 0.303 e. The van der Waals surface area contributed by atoms with Crippen molar-refractivity contribution >= 4 is 23.9 Å². The molecule has 0 amide bonds. The third-order valence-corrected chi connectivity index (χ3v) is 9.36. The zero-order chi connectivity index (χ0) is 28.4. The number of rotatable bonds is 4. The average Bonchev–Trinajstić information content (AvgIpc) is 3.55. The van der Waals surface area contributed by atoms with Crippen LogP contribution in [-0.4, -0.2) is 71.7 Å². The Bertz CT molecular complexity index is 1060. The maximum atomic E-state index is 12.6. The molecule has 0 aromatic carbocycles. The van der Waals surface area contributed by atoms with Crippen LogP contribution < -0.4 is 0 Å². The number of carbonyl (C=O) groups is 4. The number of aliphatic hydroxyl groups excluding tert-OH is 1. The predicted octanol–water partition coefficient (Wildman–Crippen LogP) is 2.64. The monoisotopic (exact) mass is 536 g/mol. The molecule has 3 fully saturated rings. The Morgan fingerprint density at radius 3 is 1.95 bits per heavy atom. The van der Waals surface area contributed by atoms with Crippen molar-refractivity contribution in [2.45, 2.75) is 111 Å². The first kappa shape index (κ1) is 28.5. The minimum absolute atomic E-state index is 0.249. The quantitative estimate of drug-likeness (QED) is 0.247. The zero-order valence-electron chi connectivity index (χ0n) is 23.5. The lowest BCUT2D eigenvalue weighted by molar-refractivity contribution is -0.226. The molecule has 9 atom stereocenters. The van der Waals surface area contributed by atoms with E-state index in [1.807, 2.05) is 27.7 Å². The van der Waals surface area contributed by atoms with Crippen molar-refractivity contribution in [1.82, 2.24) is 0 Å². The van der Waals surface area contributed by atoms with Crippen LogP contribution >= 0.6 is 0 Å². The van der Waals surface area contributed by atoms with Gasteiger partial charge < -0.3 is 28.8 Å². The summed E-state index contributed by atoms with van der Waals surface area (Å²) < 4.78 is 29.9. The molecule has 1 aliphatic heterocycles. The van der Waals surface area contributed by atoms with Gasteiger partial charge in [-0.25, -0.2) is 0 Å². The summed E-state index contributed by atoms with van der Waals surface area (Å²) in [5.74, 6) is -3.10. The van der Waals surface area contributed by atoms with E-state index in [2.05, 4.69) is 0 Å². The van der Waals surface area contributed by atoms with E-state index in [-0.39, 0.29) is 6.61 Å². The summed E-state index contributed by atoms with van der Waals surface area (Å²) in [5, 5.41) is 11.2. The SMILES string of the molecule is CC(=O)O[C@@H]1[C@@H]2C[C@H](OC(C)=O)C(C)=C([C@@H](OC(C)=O)[C@H](OC(C)=O)[C@]3(C)CC[C@H](O)[C@@]4(CO4)[C@@H]13)C2(C)C. The van der Waals surface area contributed by atoms with Crippen LogP contribution in [0.2, 0.25) is 0 Å². The van der Waals surface area contributed by atoms with E-state index in [4.69, 9.17) is 23.7 Å². The van der Waals surface area contributed by atoms with Crippen molar-refractivity contribution in [3.63, 3.8) is 0 Å². The van der Waals surface area contributed by atoms with Crippen molar-refractivity contribution in [2.75, 3.05) is 6.61 Å². The Morgan fingerprint density at radius 1 is 0.895 bits per heavy atom. The molecule has 212 valence electrons. The summed E-state index contributed by atoms with van der Waals surface area (Å²) in [6, 6.07) is 0. The first-order valence-electron chi connectivity index (χ1n) is 13.3. The Hall–Kier alpha value is -2.46. The van der Waals surface area contributed by atoms with Crippen LogP contribution in [0.4, 0.5) is 0 Å². The second-order valence-electron chi connectivity index (χ2n) is 12.2. The minimum atomic E-state index is -1.02. The van der Waals surface area contributed by atoms with E-state index in [1.165, 1.54) is 27.7 Å². The van der Waals surface area contributed by atoms with E-state index >= 15 is 0 Å². The fourth-order valence-electron chi connectivity index (χ4n) is 7.84. The maximum Gasteiger partial charge on any atom is 0.303 e. The molecule has 1 saturated heterocycles. The van der Waals surface area contributed by atoms with Gasteiger partial charge in [-0.05, 0) is 42.7 Å². The predicted molar refractivity (Wildman–Crippen MR) is 132 cm³/mol. The van der Waals surface area contributed by atoms with Gasteiger partial charge >= 0.3 is 23.9 Å². The molecule has 4 rings (SSSR count). The molecule has 1 heterocycles. The molecule has 2 bridgehead atoms. The summed E-state index contributed by atoms with van der Waals surface area (Å²) in [6.45, 7) is 13.2. The molecule has 38 heavy (non-hydrogen) atoms. The third-order valence-electron chi connectivity index (χ3n) is 9.36. The molecule has 1 N–H and O–H groups in total. The van der Waals surface area contributed by atoms with Crippen LogP contribution in [0.15, 0.2) is 11.1 Å². The van der Waals surface area contributed by atoms with Gasteiger partial charge in [0.1, 0.15) is 23.9 Å². The van der Waals surface area contributed by atoms with Gasteiger partial charge in [0.2, 0.25) is 0 Å². The van der Waals surface area contributed by atoms with Crippen molar-refractivity contribution in [1.29, 1.82) is 0 Å². The molecule has 0 unspecified atom stereocenters. The first-order valence-corrected chi connectivity index (χ1v) is 13.3. The van der Waals surface area contributed by atoms with Gasteiger partial charge in [-0.3, -0.25) is 19.2 Å². The number of esters is 4. The number of epoxide rings is 1. The maximum absolute atomic E-state index is 12.6. The Labute approximate surface area is 223 Å². The summed E-state index contributed by atoms with van der Waals surface area (Å²) in [7, 11) is 0. The summed E-state index contributed by atoms with van der Waals surface area (Å²) in [5.41, 5.74) is -1.29. The zero-order valence-corrected chi connectivity index (χ0v) is 23.5. The van der Waals surface area contributed by atoms with Crippen molar-refractivity contribution in [3.8, 4) is 0 Å². The molecular weight excluding hydrogens is 496 g/mol. The van der Waals surface area contributed by atoms with Gasteiger partial charge in [0.25, 0.3) is 0 Å². The topological polar surface area (TPSA) is 138 Å². The highest BCUT2D eigenvalue weighted by Gasteiger charge is 2.73. The lowest BCUT2D eigenvalue weighted by Gasteiger charge is -2.60. The highest BCUT2D eigenvalue weighted by Crippen LogP contribution is 2.65. The highest BCUT2D eigenvalue weighted by molar-refractivity contribution is 5.69. The van der Waals surface area contributed by atoms with Gasteiger partial charge in [0, 0.05) is 44.9 Å². The van der Waals surface area contributed by atoms with Crippen molar-refractivity contribution in [2.24, 2.45) is 22.7 Å². The van der Waals surface area contributed by atoms with Crippen molar-refractivity contribution < 1.29 is 48.0 Å². The lowest BCUT2D eigenvalue weighted by Crippen LogP contribution is -2.68. The Kier molecular flexibility index (Phi) is 7.23. The molecule has 4 aliphatic rings. The summed E-state index contributed by atoms with van der Waals surface area (Å²) >= 11 is 0. The van der Waals surface area contributed by atoms with Gasteiger partial charge in [-0.1, -0.05) is 20.8 Å². The molecule has 2 saturated carbocycles. The number of fused-ring (bicyclic) bond motifs is 4. The second-order valence-corrected chi connectivity index (χ2v) is 12.2. The Morgan fingerprint density at radius 2 is 1.45 bits per heavy atom. The van der Waals surface area contributed by atoms with Crippen molar-refractivity contribution in [3.05, 3.63) is 11.1 Å². The highest BCUT2D eigenvalue weighted by atomic mass is 16.6. The number of hydrogen-bond acceptors (Lipinski definition) is 10. The van der Waals surface area contributed by atoms with Crippen LogP contribution in [0.25, 0.3) is 0 Å². The molecule has 0 aromatic rings. The standard InChI is InChI=1S/C28H40O10/c1-13-19(35-14(2)29)11-18-22(36-15(3)30)24-27(8,10-9-20(33)28(24)12-34-28)25(38-17(5)32)23(37-16(4)31)21(13)26(18,6)7/h18-20,22-25,33H,9-12H2,1-8H3/t18-,19-,20-,22+,23+,24-,25-,27+,28-/m0/s1. The Balaban J connectivity index is 2.06. The van der Waals surface area contributed by atoms with Crippen LogP contribution in [0, 0.1) is 22.7 Å². The van der Waals surface area contributed by atoms with Gasteiger partial charge in [0.15, 0.2) is 6.10 Å². The van der Waals surface area contributed by atoms with E-state index < -0.39 is 82.7 Å². The van der Waals surface area contributed by atoms with Gasteiger partial charge in [0.05, 0.1) is 12.7 Å². The molecule has 10 heteroatoms. The third kappa shape index (κ3) is 4.53. The second kappa shape index (κ2) is 9.62.